The SMILES string of the molecule is CNc1nc(Cc2ccccc2)c(C(=O)c2sc(NC)nc2Cc2ccccc2)s1. The lowest BCUT2D eigenvalue weighted by Gasteiger charge is -2.04. The largest absolute Gasteiger partial charge is 0.365 e. The molecule has 152 valence electrons. The summed E-state index contributed by atoms with van der Waals surface area (Å²) in [6.45, 7) is 0. The number of nitrogens with zero attached hydrogens (tertiary/aromatic N) is 2. The van der Waals surface area contributed by atoms with Crippen LogP contribution in [0.4, 0.5) is 10.3 Å². The summed E-state index contributed by atoms with van der Waals surface area (Å²) in [6, 6.07) is 20.2. The smallest absolute Gasteiger partial charge is 0.216 e. The molecule has 0 spiro atoms. The maximum absolute atomic E-state index is 13.6. The van der Waals surface area contributed by atoms with Gasteiger partial charge in [0.05, 0.1) is 11.4 Å². The molecule has 0 aliphatic rings. The highest BCUT2D eigenvalue weighted by Crippen LogP contribution is 2.32. The first kappa shape index (κ1) is 20.3. The number of carbonyl (C=O) groups is 1. The van der Waals surface area contributed by atoms with E-state index in [1.807, 2.05) is 50.5 Å². The molecule has 2 heterocycles. The minimum atomic E-state index is -0.00939. The van der Waals surface area contributed by atoms with Crippen molar-refractivity contribution in [3.63, 3.8) is 0 Å². The molecule has 0 radical (unpaired) electrons. The lowest BCUT2D eigenvalue weighted by Crippen LogP contribution is -2.05. The van der Waals surface area contributed by atoms with E-state index < -0.39 is 0 Å². The second-order valence-corrected chi connectivity index (χ2v) is 8.74. The van der Waals surface area contributed by atoms with E-state index in [4.69, 9.17) is 0 Å². The molecule has 0 saturated carbocycles. The summed E-state index contributed by atoms with van der Waals surface area (Å²) in [5, 5.41) is 7.65. The lowest BCUT2D eigenvalue weighted by molar-refractivity contribution is 0.104. The van der Waals surface area contributed by atoms with Crippen molar-refractivity contribution in [3.8, 4) is 0 Å². The molecule has 2 N–H and O–H groups in total. The molecule has 30 heavy (non-hydrogen) atoms. The van der Waals surface area contributed by atoms with Crippen molar-refractivity contribution >= 4 is 38.7 Å². The maximum atomic E-state index is 13.6. The van der Waals surface area contributed by atoms with Gasteiger partial charge in [-0.05, 0) is 11.1 Å². The van der Waals surface area contributed by atoms with E-state index in [2.05, 4.69) is 44.9 Å². The third-order valence-electron chi connectivity index (χ3n) is 4.66. The Hall–Kier alpha value is -3.03. The van der Waals surface area contributed by atoms with Crippen LogP contribution in [0, 0.1) is 0 Å². The van der Waals surface area contributed by atoms with E-state index >= 15 is 0 Å². The number of benzene rings is 2. The Balaban J connectivity index is 1.71. The number of hydrogen-bond donors (Lipinski definition) is 2. The highest BCUT2D eigenvalue weighted by molar-refractivity contribution is 7.21. The zero-order chi connectivity index (χ0) is 20.9. The molecular weight excluding hydrogens is 412 g/mol. The van der Waals surface area contributed by atoms with Gasteiger partial charge in [0.25, 0.3) is 0 Å². The Morgan fingerprint density at radius 1 is 0.733 bits per heavy atom. The third kappa shape index (κ3) is 4.42. The van der Waals surface area contributed by atoms with E-state index in [0.29, 0.717) is 22.6 Å². The first-order valence-electron chi connectivity index (χ1n) is 9.65. The maximum Gasteiger partial charge on any atom is 0.216 e. The van der Waals surface area contributed by atoms with Crippen LogP contribution >= 0.6 is 22.7 Å². The topological polar surface area (TPSA) is 66.9 Å². The van der Waals surface area contributed by atoms with Crippen molar-refractivity contribution in [2.24, 2.45) is 0 Å². The molecule has 0 unspecified atom stereocenters. The van der Waals surface area contributed by atoms with E-state index in [0.717, 1.165) is 32.8 Å². The van der Waals surface area contributed by atoms with Crippen molar-refractivity contribution in [3.05, 3.63) is 92.9 Å². The van der Waals surface area contributed by atoms with Gasteiger partial charge in [0, 0.05) is 26.9 Å². The van der Waals surface area contributed by atoms with Gasteiger partial charge in [-0.2, -0.15) is 0 Å². The van der Waals surface area contributed by atoms with Crippen LogP contribution in [0.15, 0.2) is 60.7 Å². The average molecular weight is 435 g/mol. The molecule has 0 bridgehead atoms. The molecular formula is C23H22N4OS2. The van der Waals surface area contributed by atoms with Crippen molar-refractivity contribution < 1.29 is 4.79 Å². The minimum absolute atomic E-state index is 0.00939. The number of ketones is 1. The monoisotopic (exact) mass is 434 g/mol. The van der Waals surface area contributed by atoms with Crippen molar-refractivity contribution in [1.82, 2.24) is 9.97 Å². The summed E-state index contributed by atoms with van der Waals surface area (Å²) < 4.78 is 0. The zero-order valence-electron chi connectivity index (χ0n) is 16.8. The Bertz CT molecular complexity index is 1050. The van der Waals surface area contributed by atoms with Crippen LogP contribution in [0.25, 0.3) is 0 Å². The number of nitrogens with one attached hydrogen (secondary N) is 2. The van der Waals surface area contributed by atoms with Crippen molar-refractivity contribution in [2.75, 3.05) is 24.7 Å². The summed E-state index contributed by atoms with van der Waals surface area (Å²) in [7, 11) is 3.65. The van der Waals surface area contributed by atoms with Gasteiger partial charge in [0.1, 0.15) is 9.75 Å². The van der Waals surface area contributed by atoms with Gasteiger partial charge in [-0.25, -0.2) is 9.97 Å². The van der Waals surface area contributed by atoms with Crippen LogP contribution in [0.3, 0.4) is 0 Å². The molecule has 4 rings (SSSR count). The van der Waals surface area contributed by atoms with Crippen LogP contribution in [0.2, 0.25) is 0 Å². The normalized spacial score (nSPS) is 10.7. The van der Waals surface area contributed by atoms with Crippen LogP contribution in [0.1, 0.15) is 37.1 Å². The first-order valence-corrected chi connectivity index (χ1v) is 11.3. The van der Waals surface area contributed by atoms with Gasteiger partial charge >= 0.3 is 0 Å². The lowest BCUT2D eigenvalue weighted by atomic mass is 10.1. The molecule has 0 fully saturated rings. The van der Waals surface area contributed by atoms with Gasteiger partial charge in [-0.1, -0.05) is 83.3 Å². The summed E-state index contributed by atoms with van der Waals surface area (Å²) in [4.78, 5) is 24.3. The number of anilines is 2. The standard InChI is InChI=1S/C23H22N4OS2/c1-24-22-26-17(13-15-9-5-3-6-10-15)20(29-22)19(28)21-18(27-23(25-2)30-21)14-16-11-7-4-8-12-16/h3-12H,13-14H2,1-2H3,(H,24,26)(H,25,27). The van der Waals surface area contributed by atoms with Gasteiger partial charge in [0.2, 0.25) is 5.78 Å². The van der Waals surface area contributed by atoms with Gasteiger partial charge < -0.3 is 10.6 Å². The van der Waals surface area contributed by atoms with E-state index in [-0.39, 0.29) is 5.78 Å². The highest BCUT2D eigenvalue weighted by atomic mass is 32.1. The predicted molar refractivity (Wildman–Crippen MR) is 125 cm³/mol. The second-order valence-electron chi connectivity index (χ2n) is 6.74. The fourth-order valence-corrected chi connectivity index (χ4v) is 5.02. The van der Waals surface area contributed by atoms with Crippen LogP contribution < -0.4 is 10.6 Å². The molecule has 7 heteroatoms. The number of aromatic nitrogens is 2. The second kappa shape index (κ2) is 9.19. The van der Waals surface area contributed by atoms with E-state index in [1.54, 1.807) is 0 Å². The molecule has 0 amide bonds. The molecule has 0 aliphatic carbocycles. The van der Waals surface area contributed by atoms with Gasteiger partial charge in [-0.15, -0.1) is 0 Å². The Kier molecular flexibility index (Phi) is 6.21. The quantitative estimate of drug-likeness (QED) is 0.378. The van der Waals surface area contributed by atoms with Crippen molar-refractivity contribution in [2.45, 2.75) is 12.8 Å². The Labute approximate surface area is 183 Å². The van der Waals surface area contributed by atoms with E-state index in [9.17, 15) is 4.79 Å². The number of rotatable bonds is 8. The van der Waals surface area contributed by atoms with Gasteiger partial charge in [-0.3, -0.25) is 4.79 Å². The third-order valence-corrected chi connectivity index (χ3v) is 6.89. The van der Waals surface area contributed by atoms with Gasteiger partial charge in [0.15, 0.2) is 10.3 Å². The van der Waals surface area contributed by atoms with Crippen LogP contribution in [0.5, 0.6) is 0 Å². The summed E-state index contributed by atoms with van der Waals surface area (Å²) in [5.74, 6) is -0.00939. The van der Waals surface area contributed by atoms with Crippen molar-refractivity contribution in [1.29, 1.82) is 0 Å². The molecule has 0 saturated heterocycles. The number of hydrogen-bond acceptors (Lipinski definition) is 7. The minimum Gasteiger partial charge on any atom is -0.365 e. The van der Waals surface area contributed by atoms with E-state index in [1.165, 1.54) is 22.7 Å². The molecule has 2 aromatic carbocycles. The zero-order valence-corrected chi connectivity index (χ0v) is 18.4. The molecule has 0 atom stereocenters. The van der Waals surface area contributed by atoms with Crippen LogP contribution in [-0.4, -0.2) is 29.8 Å². The summed E-state index contributed by atoms with van der Waals surface area (Å²) in [5.41, 5.74) is 3.85. The summed E-state index contributed by atoms with van der Waals surface area (Å²) >= 11 is 2.80. The average Bonchev–Trinajstić information content (AvgIpc) is 3.38. The first-order chi connectivity index (χ1) is 14.7. The predicted octanol–water partition coefficient (Wildman–Crippen LogP) is 5.10. The summed E-state index contributed by atoms with van der Waals surface area (Å²) in [6.07, 6.45) is 1.23. The fourth-order valence-electron chi connectivity index (χ4n) is 3.19. The molecule has 2 aromatic heterocycles. The molecule has 4 aromatic rings. The Morgan fingerprint density at radius 2 is 1.13 bits per heavy atom. The highest BCUT2D eigenvalue weighted by Gasteiger charge is 2.25. The van der Waals surface area contributed by atoms with Crippen LogP contribution in [-0.2, 0) is 12.8 Å². The molecule has 5 nitrogen and oxygen atoms in total. The molecule has 0 aliphatic heterocycles. The number of carbonyl (C=O) groups excluding carboxylic acids is 1. The fraction of sp³-hybridized carbons (Fsp3) is 0.174. The number of thiazole rings is 2. The Morgan fingerprint density at radius 3 is 1.50 bits per heavy atom.